The summed E-state index contributed by atoms with van der Waals surface area (Å²) >= 11 is 1.76. The Morgan fingerprint density at radius 3 is 2.72 bits per heavy atom. The smallest absolute Gasteiger partial charge is 0.0974 e. The third kappa shape index (κ3) is 3.63. The number of nitrogens with zero attached hydrogens (tertiary/aromatic N) is 1. The number of nitrogens with two attached hydrogens (primary N) is 1. The van der Waals surface area contributed by atoms with Gasteiger partial charge in [0.1, 0.15) is 0 Å². The van der Waals surface area contributed by atoms with E-state index in [1.807, 2.05) is 19.1 Å². The molecule has 0 bridgehead atoms. The van der Waals surface area contributed by atoms with Crippen LogP contribution < -0.4 is 5.73 Å². The van der Waals surface area contributed by atoms with Crippen LogP contribution in [-0.2, 0) is 11.2 Å². The Hall–Kier alpha value is -1.23. The monoisotopic (exact) mass is 262 g/mol. The number of aromatic nitrogens is 1. The summed E-state index contributed by atoms with van der Waals surface area (Å²) in [4.78, 5) is 5.35. The quantitative estimate of drug-likeness (QED) is 0.871. The average Bonchev–Trinajstić information content (AvgIpc) is 2.88. The summed E-state index contributed by atoms with van der Waals surface area (Å²) < 4.78 is 5.92. The highest BCUT2D eigenvalue weighted by atomic mass is 32.1. The maximum atomic E-state index is 5.99. The van der Waals surface area contributed by atoms with Crippen LogP contribution in [0.25, 0.3) is 0 Å². The van der Waals surface area contributed by atoms with Crippen molar-refractivity contribution in [2.24, 2.45) is 5.73 Å². The number of pyridine rings is 1. The molecule has 0 radical (unpaired) electrons. The molecule has 0 fully saturated rings. The fourth-order valence-electron chi connectivity index (χ4n) is 1.85. The highest BCUT2D eigenvalue weighted by molar-refractivity contribution is 7.09. The fourth-order valence-corrected chi connectivity index (χ4v) is 2.54. The van der Waals surface area contributed by atoms with E-state index < -0.39 is 0 Å². The lowest BCUT2D eigenvalue weighted by Crippen LogP contribution is -2.27. The molecule has 0 aliphatic carbocycles. The van der Waals surface area contributed by atoms with E-state index in [4.69, 9.17) is 10.5 Å². The molecule has 2 N–H and O–H groups in total. The van der Waals surface area contributed by atoms with E-state index >= 15 is 0 Å². The topological polar surface area (TPSA) is 48.1 Å². The van der Waals surface area contributed by atoms with Crippen LogP contribution in [0.5, 0.6) is 0 Å². The molecule has 0 saturated heterocycles. The zero-order chi connectivity index (χ0) is 12.8. The van der Waals surface area contributed by atoms with Crippen molar-refractivity contribution in [2.45, 2.75) is 25.5 Å². The standard InChI is InChI=1S/C14H18N2OS/c1-11(15)14(12-4-7-16-8-5-12)17-9-6-13-3-2-10-18-13/h2-5,7-8,10-11,14H,6,9,15H2,1H3. The summed E-state index contributed by atoms with van der Waals surface area (Å²) in [6.07, 6.45) is 4.42. The van der Waals surface area contributed by atoms with Gasteiger partial charge in [-0.3, -0.25) is 4.98 Å². The van der Waals surface area contributed by atoms with Crippen LogP contribution in [-0.4, -0.2) is 17.6 Å². The number of ether oxygens (including phenoxy) is 1. The van der Waals surface area contributed by atoms with Gasteiger partial charge in [0.25, 0.3) is 0 Å². The predicted molar refractivity (Wildman–Crippen MR) is 74.6 cm³/mol. The average molecular weight is 262 g/mol. The molecule has 2 atom stereocenters. The Kier molecular flexibility index (Phi) is 4.87. The first-order valence-corrected chi connectivity index (χ1v) is 6.95. The Morgan fingerprint density at radius 2 is 2.11 bits per heavy atom. The maximum Gasteiger partial charge on any atom is 0.0974 e. The van der Waals surface area contributed by atoms with E-state index in [2.05, 4.69) is 22.5 Å². The van der Waals surface area contributed by atoms with Crippen molar-refractivity contribution in [2.75, 3.05) is 6.61 Å². The molecule has 2 heterocycles. The molecule has 4 heteroatoms. The van der Waals surface area contributed by atoms with Crippen LogP contribution in [0.3, 0.4) is 0 Å². The molecule has 0 saturated carbocycles. The van der Waals surface area contributed by atoms with E-state index in [1.165, 1.54) is 4.88 Å². The van der Waals surface area contributed by atoms with Crippen molar-refractivity contribution in [3.8, 4) is 0 Å². The van der Waals surface area contributed by atoms with E-state index in [9.17, 15) is 0 Å². The van der Waals surface area contributed by atoms with Crippen LogP contribution in [0.2, 0.25) is 0 Å². The van der Waals surface area contributed by atoms with Gasteiger partial charge in [-0.15, -0.1) is 11.3 Å². The van der Waals surface area contributed by atoms with Crippen LogP contribution in [0.4, 0.5) is 0 Å². The molecule has 2 rings (SSSR count). The van der Waals surface area contributed by atoms with E-state index in [0.717, 1.165) is 12.0 Å². The van der Waals surface area contributed by atoms with Gasteiger partial charge in [-0.05, 0) is 36.1 Å². The maximum absolute atomic E-state index is 5.99. The van der Waals surface area contributed by atoms with Crippen LogP contribution in [0.1, 0.15) is 23.5 Å². The highest BCUT2D eigenvalue weighted by Crippen LogP contribution is 2.20. The fraction of sp³-hybridized carbons (Fsp3) is 0.357. The van der Waals surface area contributed by atoms with Gasteiger partial charge in [-0.25, -0.2) is 0 Å². The molecule has 3 nitrogen and oxygen atoms in total. The summed E-state index contributed by atoms with van der Waals surface area (Å²) in [5, 5.41) is 2.08. The second kappa shape index (κ2) is 6.64. The second-order valence-electron chi connectivity index (χ2n) is 4.26. The molecular weight excluding hydrogens is 244 g/mol. The molecule has 2 aromatic rings. The lowest BCUT2D eigenvalue weighted by molar-refractivity contribution is 0.0406. The predicted octanol–water partition coefficient (Wildman–Crippen LogP) is 2.79. The largest absolute Gasteiger partial charge is 0.372 e. The van der Waals surface area contributed by atoms with Gasteiger partial charge in [0.05, 0.1) is 12.7 Å². The first-order valence-electron chi connectivity index (χ1n) is 6.07. The zero-order valence-corrected chi connectivity index (χ0v) is 11.3. The molecule has 0 aromatic carbocycles. The van der Waals surface area contributed by atoms with Gasteiger partial charge in [-0.2, -0.15) is 0 Å². The van der Waals surface area contributed by atoms with Crippen molar-refractivity contribution < 1.29 is 4.74 Å². The first kappa shape index (κ1) is 13.2. The molecule has 2 unspecified atom stereocenters. The van der Waals surface area contributed by atoms with Crippen LogP contribution in [0.15, 0.2) is 42.0 Å². The molecular formula is C14H18N2OS. The molecule has 0 spiro atoms. The number of rotatable bonds is 6. The SMILES string of the molecule is CC(N)C(OCCc1cccs1)c1ccncc1. The lowest BCUT2D eigenvalue weighted by Gasteiger charge is -2.21. The third-order valence-corrected chi connectivity index (χ3v) is 3.67. The minimum Gasteiger partial charge on any atom is -0.372 e. The molecule has 96 valence electrons. The van der Waals surface area contributed by atoms with E-state index in [0.29, 0.717) is 6.61 Å². The summed E-state index contributed by atoms with van der Waals surface area (Å²) in [5.41, 5.74) is 7.07. The third-order valence-electron chi connectivity index (χ3n) is 2.74. The highest BCUT2D eigenvalue weighted by Gasteiger charge is 2.16. The number of hydrogen-bond donors (Lipinski definition) is 1. The molecule has 0 aliphatic rings. The Morgan fingerprint density at radius 1 is 1.33 bits per heavy atom. The minimum atomic E-state index is -0.0621. The van der Waals surface area contributed by atoms with Gasteiger partial charge >= 0.3 is 0 Å². The summed E-state index contributed by atoms with van der Waals surface area (Å²) in [7, 11) is 0. The van der Waals surface area contributed by atoms with Crippen LogP contribution >= 0.6 is 11.3 Å². The molecule has 0 aliphatic heterocycles. The van der Waals surface area contributed by atoms with Crippen molar-refractivity contribution in [3.63, 3.8) is 0 Å². The summed E-state index contributed by atoms with van der Waals surface area (Å²) in [6.45, 7) is 2.66. The Labute approximate surface area is 112 Å². The van der Waals surface area contributed by atoms with Crippen molar-refractivity contribution in [3.05, 3.63) is 52.5 Å². The van der Waals surface area contributed by atoms with Crippen molar-refractivity contribution >= 4 is 11.3 Å². The lowest BCUT2D eigenvalue weighted by atomic mass is 10.1. The number of thiophene rings is 1. The van der Waals surface area contributed by atoms with Gasteiger partial charge in [0.15, 0.2) is 0 Å². The van der Waals surface area contributed by atoms with Crippen LogP contribution in [0, 0.1) is 0 Å². The molecule has 2 aromatic heterocycles. The van der Waals surface area contributed by atoms with Crippen molar-refractivity contribution in [1.82, 2.24) is 4.98 Å². The van der Waals surface area contributed by atoms with Gasteiger partial charge in [-0.1, -0.05) is 6.07 Å². The van der Waals surface area contributed by atoms with Gasteiger partial charge in [0, 0.05) is 29.7 Å². The minimum absolute atomic E-state index is 0.0317. The summed E-state index contributed by atoms with van der Waals surface area (Å²) in [6, 6.07) is 8.07. The zero-order valence-electron chi connectivity index (χ0n) is 10.5. The second-order valence-corrected chi connectivity index (χ2v) is 5.29. The van der Waals surface area contributed by atoms with E-state index in [1.54, 1.807) is 23.7 Å². The Balaban J connectivity index is 1.91. The first-order chi connectivity index (χ1) is 8.77. The van der Waals surface area contributed by atoms with Crippen molar-refractivity contribution in [1.29, 1.82) is 0 Å². The summed E-state index contributed by atoms with van der Waals surface area (Å²) in [5.74, 6) is 0. The normalized spacial score (nSPS) is 14.3. The number of hydrogen-bond acceptors (Lipinski definition) is 4. The van der Waals surface area contributed by atoms with Gasteiger partial charge < -0.3 is 10.5 Å². The molecule has 18 heavy (non-hydrogen) atoms. The van der Waals surface area contributed by atoms with Gasteiger partial charge in [0.2, 0.25) is 0 Å². The Bertz CT molecular complexity index is 442. The molecule has 0 amide bonds. The van der Waals surface area contributed by atoms with E-state index in [-0.39, 0.29) is 12.1 Å².